The molecule has 0 atom stereocenters. The molecule has 3 N–H and O–H groups in total. The number of hydrogen-bond acceptors (Lipinski definition) is 7. The van der Waals surface area contributed by atoms with Gasteiger partial charge in [-0.05, 0) is 36.1 Å². The maximum absolute atomic E-state index is 12.9. The van der Waals surface area contributed by atoms with Crippen LogP contribution in [0.4, 0.5) is 5.69 Å². The zero-order valence-electron chi connectivity index (χ0n) is 15.9. The van der Waals surface area contributed by atoms with Crippen LogP contribution >= 0.6 is 22.7 Å². The Hall–Kier alpha value is -2.88. The van der Waals surface area contributed by atoms with Gasteiger partial charge < -0.3 is 5.32 Å². The number of carbonyl (C=O) groups is 2. The summed E-state index contributed by atoms with van der Waals surface area (Å²) in [6.07, 6.45) is 5.26. The molecule has 0 aliphatic heterocycles. The van der Waals surface area contributed by atoms with E-state index in [-0.39, 0.29) is 5.91 Å². The monoisotopic (exact) mass is 428 g/mol. The van der Waals surface area contributed by atoms with E-state index in [1.54, 1.807) is 36.5 Å². The lowest BCUT2D eigenvalue weighted by Crippen LogP contribution is -2.15. The van der Waals surface area contributed by atoms with E-state index in [4.69, 9.17) is 5.21 Å². The summed E-state index contributed by atoms with van der Waals surface area (Å²) in [5.41, 5.74) is 3.34. The fourth-order valence-corrected chi connectivity index (χ4v) is 4.49. The molecular formula is C20H20N4O3S2. The van der Waals surface area contributed by atoms with Crippen molar-refractivity contribution in [3.05, 3.63) is 58.1 Å². The van der Waals surface area contributed by atoms with E-state index in [1.807, 2.05) is 5.38 Å². The summed E-state index contributed by atoms with van der Waals surface area (Å²) in [7, 11) is 0. The molecule has 0 radical (unpaired) electrons. The third-order valence-electron chi connectivity index (χ3n) is 3.83. The van der Waals surface area contributed by atoms with Crippen molar-refractivity contribution in [2.75, 3.05) is 5.32 Å². The minimum atomic E-state index is -0.611. The van der Waals surface area contributed by atoms with Crippen LogP contribution in [0.1, 0.15) is 34.8 Å². The van der Waals surface area contributed by atoms with Crippen molar-refractivity contribution in [2.45, 2.75) is 20.3 Å². The molecule has 2 aromatic heterocycles. The van der Waals surface area contributed by atoms with Gasteiger partial charge in [-0.1, -0.05) is 26.0 Å². The summed E-state index contributed by atoms with van der Waals surface area (Å²) in [4.78, 5) is 33.7. The number of nitrogens with zero attached hydrogens (tertiary/aromatic N) is 2. The maximum Gasteiger partial charge on any atom is 0.275 e. The van der Waals surface area contributed by atoms with Crippen molar-refractivity contribution >= 4 is 46.3 Å². The molecule has 3 aromatic rings. The standard InChI is InChI=1S/C20H20N4O3S2/c1-12(2)11-15-17(23-20(29-15)19-21-9-10-28-19)18(26)22-14-6-3-13(4-7-14)5-8-16(25)24-27/h3-10,12,27H,11H2,1-2H3,(H,22,26)(H,24,25)/b8-5+. The van der Waals surface area contributed by atoms with Crippen LogP contribution < -0.4 is 10.8 Å². The average Bonchev–Trinajstić information content (AvgIpc) is 3.36. The number of nitrogens with one attached hydrogen (secondary N) is 2. The predicted molar refractivity (Wildman–Crippen MR) is 115 cm³/mol. The van der Waals surface area contributed by atoms with Gasteiger partial charge in [0.05, 0.1) is 0 Å². The van der Waals surface area contributed by atoms with Crippen molar-refractivity contribution in [3.63, 3.8) is 0 Å². The molecule has 1 aromatic carbocycles. The minimum Gasteiger partial charge on any atom is -0.321 e. The largest absolute Gasteiger partial charge is 0.321 e. The van der Waals surface area contributed by atoms with Crippen LogP contribution in [0.15, 0.2) is 41.9 Å². The first-order chi connectivity index (χ1) is 14.0. The summed E-state index contributed by atoms with van der Waals surface area (Å²) in [6, 6.07) is 7.00. The molecule has 9 heteroatoms. The van der Waals surface area contributed by atoms with E-state index >= 15 is 0 Å². The van der Waals surface area contributed by atoms with Crippen molar-refractivity contribution in [1.82, 2.24) is 15.4 Å². The molecule has 2 amide bonds. The van der Waals surface area contributed by atoms with Crippen molar-refractivity contribution in [2.24, 2.45) is 5.92 Å². The van der Waals surface area contributed by atoms with E-state index in [1.165, 1.54) is 34.2 Å². The summed E-state index contributed by atoms with van der Waals surface area (Å²) in [6.45, 7) is 4.21. The van der Waals surface area contributed by atoms with E-state index in [0.717, 1.165) is 26.9 Å². The second kappa shape index (κ2) is 9.55. The number of rotatable bonds is 7. The highest BCUT2D eigenvalue weighted by Crippen LogP contribution is 2.31. The third kappa shape index (κ3) is 5.57. The number of hydroxylamine groups is 1. The van der Waals surface area contributed by atoms with Gasteiger partial charge in [-0.15, -0.1) is 22.7 Å². The topological polar surface area (TPSA) is 104 Å². The van der Waals surface area contributed by atoms with Gasteiger partial charge in [-0.25, -0.2) is 15.4 Å². The molecule has 7 nitrogen and oxygen atoms in total. The van der Waals surface area contributed by atoms with Crippen molar-refractivity contribution < 1.29 is 14.8 Å². The molecule has 0 fully saturated rings. The molecule has 3 rings (SSSR count). The molecule has 29 heavy (non-hydrogen) atoms. The molecule has 0 saturated heterocycles. The highest BCUT2D eigenvalue weighted by atomic mass is 32.1. The first-order valence-corrected chi connectivity index (χ1v) is 10.6. The van der Waals surface area contributed by atoms with Crippen LogP contribution in [0.2, 0.25) is 0 Å². The Kier molecular flexibility index (Phi) is 6.86. The van der Waals surface area contributed by atoms with Gasteiger partial charge in [0.1, 0.15) is 5.69 Å². The zero-order valence-corrected chi connectivity index (χ0v) is 17.5. The number of hydrogen-bond donors (Lipinski definition) is 3. The van der Waals surface area contributed by atoms with Gasteiger partial charge in [-0.3, -0.25) is 14.8 Å². The number of amides is 2. The first kappa shape index (κ1) is 20.8. The molecule has 0 spiro atoms. The second-order valence-corrected chi connectivity index (χ2v) is 8.59. The Morgan fingerprint density at radius 2 is 1.97 bits per heavy atom. The summed E-state index contributed by atoms with van der Waals surface area (Å²) >= 11 is 3.00. The molecule has 2 heterocycles. The highest BCUT2D eigenvalue weighted by Gasteiger charge is 2.21. The lowest BCUT2D eigenvalue weighted by molar-refractivity contribution is -0.124. The minimum absolute atomic E-state index is 0.261. The van der Waals surface area contributed by atoms with Crippen LogP contribution in [-0.2, 0) is 11.2 Å². The van der Waals surface area contributed by atoms with Gasteiger partial charge in [-0.2, -0.15) is 0 Å². The van der Waals surface area contributed by atoms with E-state index in [2.05, 4.69) is 29.1 Å². The van der Waals surface area contributed by atoms with Gasteiger partial charge in [0.25, 0.3) is 11.8 Å². The predicted octanol–water partition coefficient (Wildman–Crippen LogP) is 4.24. The summed E-state index contributed by atoms with van der Waals surface area (Å²) in [5.74, 6) is -0.476. The van der Waals surface area contributed by atoms with Gasteiger partial charge >= 0.3 is 0 Å². The van der Waals surface area contributed by atoms with Crippen molar-refractivity contribution in [3.8, 4) is 10.0 Å². The maximum atomic E-state index is 12.9. The van der Waals surface area contributed by atoms with E-state index < -0.39 is 5.91 Å². The third-order valence-corrected chi connectivity index (χ3v) is 5.82. The van der Waals surface area contributed by atoms with E-state index in [0.29, 0.717) is 17.3 Å². The second-order valence-electron chi connectivity index (χ2n) is 6.61. The Labute approximate surface area is 176 Å². The fraction of sp³-hybridized carbons (Fsp3) is 0.200. The van der Waals surface area contributed by atoms with Crippen LogP contribution in [0.25, 0.3) is 16.1 Å². The SMILES string of the molecule is CC(C)Cc1sc(-c2nccs2)nc1C(=O)Nc1ccc(/C=C/C(=O)NO)cc1. The Morgan fingerprint density at radius 3 is 2.59 bits per heavy atom. The normalized spacial score (nSPS) is 11.2. The van der Waals surface area contributed by atoms with Crippen LogP contribution in [0.3, 0.4) is 0 Å². The first-order valence-electron chi connectivity index (χ1n) is 8.89. The molecule has 0 bridgehead atoms. The number of aromatic nitrogens is 2. The number of anilines is 1. The smallest absolute Gasteiger partial charge is 0.275 e. The lowest BCUT2D eigenvalue weighted by Gasteiger charge is -2.07. The highest BCUT2D eigenvalue weighted by molar-refractivity contribution is 7.20. The Morgan fingerprint density at radius 1 is 1.21 bits per heavy atom. The van der Waals surface area contributed by atoms with E-state index in [9.17, 15) is 9.59 Å². The molecule has 0 aliphatic carbocycles. The molecular weight excluding hydrogens is 408 g/mol. The summed E-state index contributed by atoms with van der Waals surface area (Å²) < 4.78 is 0. The quantitative estimate of drug-likeness (QED) is 0.297. The van der Waals surface area contributed by atoms with Gasteiger partial charge in [0.2, 0.25) is 0 Å². The van der Waals surface area contributed by atoms with Crippen LogP contribution in [-0.4, -0.2) is 27.0 Å². The number of benzene rings is 1. The molecule has 0 unspecified atom stereocenters. The van der Waals surface area contributed by atoms with Crippen LogP contribution in [0, 0.1) is 5.92 Å². The zero-order chi connectivity index (χ0) is 20.8. The Balaban J connectivity index is 1.77. The van der Waals surface area contributed by atoms with Gasteiger partial charge in [0.15, 0.2) is 10.0 Å². The molecule has 0 saturated carbocycles. The fourth-order valence-electron chi connectivity index (χ4n) is 2.54. The molecule has 150 valence electrons. The molecule has 0 aliphatic rings. The number of thiazole rings is 2. The lowest BCUT2D eigenvalue weighted by atomic mass is 10.1. The number of carbonyl (C=O) groups excluding carboxylic acids is 2. The Bertz CT molecular complexity index is 1010. The van der Waals surface area contributed by atoms with Gasteiger partial charge in [0, 0.05) is 28.2 Å². The average molecular weight is 429 g/mol. The van der Waals surface area contributed by atoms with Crippen molar-refractivity contribution in [1.29, 1.82) is 0 Å². The van der Waals surface area contributed by atoms with Crippen LogP contribution in [0.5, 0.6) is 0 Å². The summed E-state index contributed by atoms with van der Waals surface area (Å²) in [5, 5.41) is 14.8.